The highest BCUT2D eigenvalue weighted by atomic mass is 19.4. The smallest absolute Gasteiger partial charge is 0.496 e. The molecule has 0 aliphatic carbocycles. The molecule has 3 aromatic carbocycles. The number of hydrogen-bond acceptors (Lipinski definition) is 7. The van der Waals surface area contributed by atoms with E-state index < -0.39 is 102 Å². The van der Waals surface area contributed by atoms with Crippen LogP contribution in [0, 0.1) is 5.82 Å². The summed E-state index contributed by atoms with van der Waals surface area (Å²) in [7, 11) is 1.15. The van der Waals surface area contributed by atoms with Gasteiger partial charge in [-0.3, -0.25) is 4.90 Å². The largest absolute Gasteiger partial charge is 0.509 e. The number of carbonyl (C=O) groups is 3. The van der Waals surface area contributed by atoms with Gasteiger partial charge in [-0.25, -0.2) is 18.8 Å². The van der Waals surface area contributed by atoms with Gasteiger partial charge in [0.25, 0.3) is 0 Å². The van der Waals surface area contributed by atoms with Gasteiger partial charge in [-0.2, -0.15) is 39.5 Å². The Morgan fingerprint density at radius 2 is 1.32 bits per heavy atom. The van der Waals surface area contributed by atoms with Crippen LogP contribution in [0.2, 0.25) is 0 Å². The van der Waals surface area contributed by atoms with Gasteiger partial charge in [0.05, 0.1) is 36.4 Å². The second kappa shape index (κ2) is 16.9. The summed E-state index contributed by atoms with van der Waals surface area (Å²) < 4.78 is 162. The quantitative estimate of drug-likeness (QED) is 0.150. The Morgan fingerprint density at radius 3 is 1.79 bits per heavy atom. The van der Waals surface area contributed by atoms with Gasteiger partial charge in [-0.15, -0.1) is 0 Å². The highest BCUT2D eigenvalue weighted by molar-refractivity contribution is 5.76. The standard InChI is InChI=1S/C37H37F10NO8/c1-18(2)26-14-27(29(53-7)15-28(26)38)25-9-8-22(35(39,40)41)12-21(25)16-48(32(51)56-34(4,5)6)19(3)31(55-33(52)54-17-30(49)50)20-10-23(36(42,43)44)13-24(11-20)37(45,46)47/h8-15,18-19,31H,16-17H2,1-7H3,(H,49,50)/t19-,31-/m0/s1. The van der Waals surface area contributed by atoms with Crippen LogP contribution in [-0.4, -0.2) is 53.6 Å². The second-order valence-electron chi connectivity index (χ2n) is 13.8. The van der Waals surface area contributed by atoms with Crippen molar-refractivity contribution in [3.63, 3.8) is 0 Å². The van der Waals surface area contributed by atoms with Crippen molar-refractivity contribution in [1.82, 2.24) is 4.90 Å². The molecule has 2 atom stereocenters. The van der Waals surface area contributed by atoms with Crippen molar-refractivity contribution in [2.75, 3.05) is 13.7 Å². The van der Waals surface area contributed by atoms with Crippen molar-refractivity contribution in [3.05, 3.63) is 87.7 Å². The molecule has 0 unspecified atom stereocenters. The van der Waals surface area contributed by atoms with E-state index in [2.05, 4.69) is 4.74 Å². The number of carboxylic acids is 1. The number of hydrogen-bond donors (Lipinski definition) is 1. The lowest BCUT2D eigenvalue weighted by Gasteiger charge is -2.36. The first-order valence-electron chi connectivity index (χ1n) is 16.5. The molecule has 0 aromatic heterocycles. The molecule has 1 amide bonds. The molecule has 0 radical (unpaired) electrons. The number of methoxy groups -OCH3 is 1. The molecule has 0 bridgehead atoms. The van der Waals surface area contributed by atoms with Crippen molar-refractivity contribution in [3.8, 4) is 16.9 Å². The lowest BCUT2D eigenvalue weighted by atomic mass is 9.91. The molecule has 1 N–H and O–H groups in total. The molecule has 0 saturated carbocycles. The molecule has 3 rings (SSSR count). The summed E-state index contributed by atoms with van der Waals surface area (Å²) in [5.41, 5.74) is -7.65. The highest BCUT2D eigenvalue weighted by Crippen LogP contribution is 2.42. The fraction of sp³-hybridized carbons (Fsp3) is 0.432. The van der Waals surface area contributed by atoms with Crippen LogP contribution in [-0.2, 0) is 44.1 Å². The van der Waals surface area contributed by atoms with E-state index in [1.165, 1.54) is 26.8 Å². The minimum absolute atomic E-state index is 0.0378. The van der Waals surface area contributed by atoms with Gasteiger partial charge in [0.1, 0.15) is 17.2 Å². The van der Waals surface area contributed by atoms with Crippen LogP contribution in [0.15, 0.2) is 48.5 Å². The molecule has 56 heavy (non-hydrogen) atoms. The predicted octanol–water partition coefficient (Wildman–Crippen LogP) is 10.8. The van der Waals surface area contributed by atoms with Crippen molar-refractivity contribution >= 4 is 18.2 Å². The molecule has 3 aromatic rings. The number of carboxylic acid groups (broad SMARTS) is 1. The van der Waals surface area contributed by atoms with Crippen LogP contribution in [0.4, 0.5) is 53.5 Å². The van der Waals surface area contributed by atoms with Crippen LogP contribution in [0.3, 0.4) is 0 Å². The normalized spacial score (nSPS) is 13.5. The van der Waals surface area contributed by atoms with E-state index >= 15 is 4.39 Å². The van der Waals surface area contributed by atoms with Gasteiger partial charge in [0.2, 0.25) is 0 Å². The summed E-state index contributed by atoms with van der Waals surface area (Å²) in [6.07, 6.45) is -21.5. The zero-order valence-electron chi connectivity index (χ0n) is 30.8. The molecule has 0 spiro atoms. The second-order valence-corrected chi connectivity index (χ2v) is 13.8. The average molecular weight is 814 g/mol. The number of benzene rings is 3. The van der Waals surface area contributed by atoms with E-state index in [-0.39, 0.29) is 46.2 Å². The predicted molar refractivity (Wildman–Crippen MR) is 178 cm³/mol. The average Bonchev–Trinajstić information content (AvgIpc) is 3.05. The molecule has 0 heterocycles. The fourth-order valence-electron chi connectivity index (χ4n) is 5.45. The lowest BCUT2D eigenvalue weighted by Crippen LogP contribution is -2.45. The summed E-state index contributed by atoms with van der Waals surface area (Å²) in [6, 6.07) is 2.81. The third kappa shape index (κ3) is 11.6. The number of halogens is 10. The first-order valence-corrected chi connectivity index (χ1v) is 16.5. The number of rotatable bonds is 11. The summed E-state index contributed by atoms with van der Waals surface area (Å²) in [4.78, 5) is 38.3. The molecule has 308 valence electrons. The topological polar surface area (TPSA) is 112 Å². The van der Waals surface area contributed by atoms with Crippen LogP contribution < -0.4 is 4.74 Å². The van der Waals surface area contributed by atoms with E-state index in [1.807, 2.05) is 0 Å². The Morgan fingerprint density at radius 1 is 0.768 bits per heavy atom. The molecule has 0 saturated heterocycles. The molecule has 19 heteroatoms. The number of amides is 1. The number of ether oxygens (including phenoxy) is 4. The Labute approximate surface area is 314 Å². The van der Waals surface area contributed by atoms with Crippen molar-refractivity contribution in [2.45, 2.75) is 90.3 Å². The van der Waals surface area contributed by atoms with E-state index in [0.29, 0.717) is 17.0 Å². The monoisotopic (exact) mass is 813 g/mol. The van der Waals surface area contributed by atoms with E-state index in [0.717, 1.165) is 26.2 Å². The molecule has 9 nitrogen and oxygen atoms in total. The SMILES string of the molecule is COc1cc(F)c(C(C)C)cc1-c1ccc(C(F)(F)F)cc1CN(C(=O)OC(C)(C)C)[C@@H](C)[C@H](OC(=O)OCC(=O)O)c1cc(C(F)(F)F)cc(C(F)(F)F)c1. The van der Waals surface area contributed by atoms with Gasteiger partial charge in [-0.05, 0) is 92.3 Å². The minimum atomic E-state index is -5.41. The minimum Gasteiger partial charge on any atom is -0.496 e. The summed E-state index contributed by atoms with van der Waals surface area (Å²) in [5.74, 6) is -3.05. The third-order valence-corrected chi connectivity index (χ3v) is 8.04. The van der Waals surface area contributed by atoms with Crippen molar-refractivity contribution in [1.29, 1.82) is 0 Å². The van der Waals surface area contributed by atoms with E-state index in [4.69, 9.17) is 19.3 Å². The Kier molecular flexibility index (Phi) is 13.6. The summed E-state index contributed by atoms with van der Waals surface area (Å²) >= 11 is 0. The molecular formula is C37H37F10NO8. The maximum atomic E-state index is 15.0. The first kappa shape index (κ1) is 45.2. The van der Waals surface area contributed by atoms with Gasteiger partial charge >= 0.3 is 36.7 Å². The Bertz CT molecular complexity index is 1880. The first-order chi connectivity index (χ1) is 25.5. The summed E-state index contributed by atoms with van der Waals surface area (Å²) in [5, 5.41) is 8.95. The number of nitrogens with zero attached hydrogens (tertiary/aromatic N) is 1. The fourth-order valence-corrected chi connectivity index (χ4v) is 5.45. The van der Waals surface area contributed by atoms with E-state index in [9.17, 15) is 53.9 Å². The van der Waals surface area contributed by atoms with Crippen LogP contribution >= 0.6 is 0 Å². The Hall–Kier alpha value is -5.23. The van der Waals surface area contributed by atoms with Gasteiger partial charge in [-0.1, -0.05) is 19.9 Å². The van der Waals surface area contributed by atoms with Crippen molar-refractivity contribution < 1.29 is 82.3 Å². The van der Waals surface area contributed by atoms with Crippen LogP contribution in [0.1, 0.15) is 86.9 Å². The number of carbonyl (C=O) groups excluding carboxylic acids is 2. The van der Waals surface area contributed by atoms with Crippen LogP contribution in [0.5, 0.6) is 5.75 Å². The molecule has 0 aliphatic rings. The zero-order chi connectivity index (χ0) is 42.7. The molecule has 0 aliphatic heterocycles. The summed E-state index contributed by atoms with van der Waals surface area (Å²) in [6.45, 7) is 6.05. The van der Waals surface area contributed by atoms with Crippen LogP contribution in [0.25, 0.3) is 11.1 Å². The highest BCUT2D eigenvalue weighted by Gasteiger charge is 2.41. The third-order valence-electron chi connectivity index (χ3n) is 8.04. The lowest BCUT2D eigenvalue weighted by molar-refractivity contribution is -0.144. The van der Waals surface area contributed by atoms with Gasteiger partial charge in [0.15, 0.2) is 12.7 Å². The molecule has 0 fully saturated rings. The maximum absolute atomic E-state index is 15.0. The van der Waals surface area contributed by atoms with E-state index in [1.54, 1.807) is 13.8 Å². The number of alkyl halides is 9. The van der Waals surface area contributed by atoms with Gasteiger partial charge < -0.3 is 24.1 Å². The van der Waals surface area contributed by atoms with Gasteiger partial charge in [0, 0.05) is 11.6 Å². The Balaban J connectivity index is 2.41. The van der Waals surface area contributed by atoms with Crippen molar-refractivity contribution in [2.24, 2.45) is 0 Å². The molecular weight excluding hydrogens is 776 g/mol. The zero-order valence-corrected chi connectivity index (χ0v) is 30.8. The maximum Gasteiger partial charge on any atom is 0.509 e. The number of aliphatic carboxylic acids is 1.